The normalized spacial score (nSPS) is 9.94. The number of aromatic nitrogens is 2. The van der Waals surface area contributed by atoms with Crippen molar-refractivity contribution in [2.24, 2.45) is 0 Å². The average molecular weight is 224 g/mol. The highest BCUT2D eigenvalue weighted by Gasteiger charge is 2.03. The summed E-state index contributed by atoms with van der Waals surface area (Å²) in [6, 6.07) is 1.76. The van der Waals surface area contributed by atoms with Crippen LogP contribution in [0.3, 0.4) is 0 Å². The molecule has 0 bridgehead atoms. The van der Waals surface area contributed by atoms with Crippen molar-refractivity contribution in [2.45, 2.75) is 6.54 Å². The van der Waals surface area contributed by atoms with Gasteiger partial charge in [-0.3, -0.25) is 4.79 Å². The fourth-order valence-electron chi connectivity index (χ4n) is 1.07. The number of carbonyl (C=O) groups excluding carboxylic acids is 1. The molecular weight excluding hydrogens is 208 g/mol. The van der Waals surface area contributed by atoms with E-state index in [1.165, 1.54) is 7.11 Å². The van der Waals surface area contributed by atoms with Crippen molar-refractivity contribution in [3.8, 4) is 0 Å². The molecule has 0 unspecified atom stereocenters. The summed E-state index contributed by atoms with van der Waals surface area (Å²) in [5, 5.41) is 2.69. The monoisotopic (exact) mass is 224 g/mol. The van der Waals surface area contributed by atoms with Gasteiger partial charge in [-0.15, -0.1) is 0 Å². The van der Waals surface area contributed by atoms with Crippen molar-refractivity contribution in [3.63, 3.8) is 0 Å². The Morgan fingerprint density at radius 1 is 1.56 bits per heavy atom. The van der Waals surface area contributed by atoms with E-state index >= 15 is 0 Å². The van der Waals surface area contributed by atoms with Crippen LogP contribution in [0.15, 0.2) is 12.3 Å². The molecule has 0 aliphatic heterocycles. The second-order valence-corrected chi connectivity index (χ2v) is 3.45. The van der Waals surface area contributed by atoms with Crippen molar-refractivity contribution >= 4 is 11.9 Å². The van der Waals surface area contributed by atoms with E-state index in [9.17, 15) is 4.79 Å². The van der Waals surface area contributed by atoms with Crippen LogP contribution in [0, 0.1) is 0 Å². The molecule has 1 aromatic rings. The number of anilines is 1. The van der Waals surface area contributed by atoms with Crippen molar-refractivity contribution < 1.29 is 9.53 Å². The third-order valence-electron chi connectivity index (χ3n) is 1.84. The van der Waals surface area contributed by atoms with E-state index in [1.54, 1.807) is 17.2 Å². The Balaban J connectivity index is 2.54. The van der Waals surface area contributed by atoms with Crippen LogP contribution >= 0.6 is 0 Å². The lowest BCUT2D eigenvalue weighted by atomic mass is 10.4. The van der Waals surface area contributed by atoms with E-state index in [0.717, 1.165) is 5.69 Å². The lowest BCUT2D eigenvalue weighted by Crippen LogP contribution is -2.27. The molecule has 0 spiro atoms. The van der Waals surface area contributed by atoms with Crippen LogP contribution in [0.25, 0.3) is 0 Å². The highest BCUT2D eigenvalue weighted by atomic mass is 16.5. The number of ether oxygens (including phenoxy) is 1. The van der Waals surface area contributed by atoms with Gasteiger partial charge in [0.2, 0.25) is 11.9 Å². The van der Waals surface area contributed by atoms with Crippen LogP contribution in [0.4, 0.5) is 5.95 Å². The standard InChI is InChI=1S/C10H16N4O2/c1-14(2)10-11-5-4-8(13-10)6-12-9(15)7-16-3/h4-5H,6-7H2,1-3H3,(H,12,15). The number of carbonyl (C=O) groups is 1. The SMILES string of the molecule is COCC(=O)NCc1ccnc(N(C)C)n1. The topological polar surface area (TPSA) is 67.3 Å². The summed E-state index contributed by atoms with van der Waals surface area (Å²) in [4.78, 5) is 21.3. The number of nitrogens with one attached hydrogen (secondary N) is 1. The number of hydrogen-bond acceptors (Lipinski definition) is 5. The molecule has 1 rings (SSSR count). The molecule has 1 amide bonds. The molecular formula is C10H16N4O2. The average Bonchev–Trinajstić information content (AvgIpc) is 2.27. The summed E-state index contributed by atoms with van der Waals surface area (Å²) < 4.78 is 4.70. The quantitative estimate of drug-likeness (QED) is 0.750. The summed E-state index contributed by atoms with van der Waals surface area (Å²) in [5.74, 6) is 0.464. The maximum Gasteiger partial charge on any atom is 0.246 e. The van der Waals surface area contributed by atoms with Gasteiger partial charge in [-0.1, -0.05) is 0 Å². The number of rotatable bonds is 5. The van der Waals surface area contributed by atoms with Crippen LogP contribution < -0.4 is 10.2 Å². The third-order valence-corrected chi connectivity index (χ3v) is 1.84. The highest BCUT2D eigenvalue weighted by molar-refractivity contribution is 5.77. The molecule has 0 saturated carbocycles. The molecule has 0 fully saturated rings. The first-order valence-corrected chi connectivity index (χ1v) is 4.88. The lowest BCUT2D eigenvalue weighted by Gasteiger charge is -2.10. The molecule has 1 N–H and O–H groups in total. The van der Waals surface area contributed by atoms with Crippen LogP contribution in [0.1, 0.15) is 5.69 Å². The Kier molecular flexibility index (Phi) is 4.65. The van der Waals surface area contributed by atoms with Crippen molar-refractivity contribution in [1.29, 1.82) is 0 Å². The largest absolute Gasteiger partial charge is 0.375 e. The van der Waals surface area contributed by atoms with Gasteiger partial charge < -0.3 is 15.0 Å². The zero-order valence-corrected chi connectivity index (χ0v) is 9.73. The van der Waals surface area contributed by atoms with Gasteiger partial charge in [-0.05, 0) is 6.07 Å². The molecule has 6 nitrogen and oxygen atoms in total. The zero-order valence-electron chi connectivity index (χ0n) is 9.73. The molecule has 1 heterocycles. The fraction of sp³-hybridized carbons (Fsp3) is 0.500. The van der Waals surface area contributed by atoms with E-state index in [-0.39, 0.29) is 12.5 Å². The van der Waals surface area contributed by atoms with Gasteiger partial charge in [0.05, 0.1) is 12.2 Å². The molecule has 0 aliphatic rings. The summed E-state index contributed by atoms with van der Waals surface area (Å²) in [5.41, 5.74) is 0.767. The van der Waals surface area contributed by atoms with Gasteiger partial charge in [-0.25, -0.2) is 9.97 Å². The predicted octanol–water partition coefficient (Wildman–Crippen LogP) is -0.195. The molecule has 6 heteroatoms. The summed E-state index contributed by atoms with van der Waals surface area (Å²) in [6.45, 7) is 0.442. The van der Waals surface area contributed by atoms with Gasteiger partial charge in [0.25, 0.3) is 0 Å². The van der Waals surface area contributed by atoms with Crippen LogP contribution in [0.2, 0.25) is 0 Å². The molecule has 1 aromatic heterocycles. The van der Waals surface area contributed by atoms with Gasteiger partial charge in [0.1, 0.15) is 6.61 Å². The summed E-state index contributed by atoms with van der Waals surface area (Å²) in [6.07, 6.45) is 1.67. The minimum Gasteiger partial charge on any atom is -0.375 e. The number of hydrogen-bond donors (Lipinski definition) is 1. The minimum absolute atomic E-state index is 0.0611. The maximum absolute atomic E-state index is 11.1. The third kappa shape index (κ3) is 3.82. The van der Waals surface area contributed by atoms with E-state index in [1.807, 2.05) is 14.1 Å². The van der Waals surface area contributed by atoms with E-state index in [2.05, 4.69) is 15.3 Å². The smallest absolute Gasteiger partial charge is 0.246 e. The molecule has 0 radical (unpaired) electrons. The first kappa shape index (κ1) is 12.4. The Bertz CT molecular complexity index is 354. The molecule has 88 valence electrons. The van der Waals surface area contributed by atoms with E-state index in [0.29, 0.717) is 12.5 Å². The predicted molar refractivity (Wildman–Crippen MR) is 60.1 cm³/mol. The van der Waals surface area contributed by atoms with Gasteiger partial charge >= 0.3 is 0 Å². The summed E-state index contributed by atoms with van der Waals surface area (Å²) in [7, 11) is 5.21. The van der Waals surface area contributed by atoms with E-state index in [4.69, 9.17) is 4.74 Å². The maximum atomic E-state index is 11.1. The Morgan fingerprint density at radius 3 is 2.94 bits per heavy atom. The second-order valence-electron chi connectivity index (χ2n) is 3.45. The van der Waals surface area contributed by atoms with Crippen molar-refractivity contribution in [1.82, 2.24) is 15.3 Å². The fourth-order valence-corrected chi connectivity index (χ4v) is 1.07. The van der Waals surface area contributed by atoms with Crippen molar-refractivity contribution in [2.75, 3.05) is 32.7 Å². The molecule has 0 atom stereocenters. The Labute approximate surface area is 94.6 Å². The van der Waals surface area contributed by atoms with Crippen LogP contribution in [-0.4, -0.2) is 43.7 Å². The summed E-state index contributed by atoms with van der Waals surface area (Å²) >= 11 is 0. The number of nitrogens with zero attached hydrogens (tertiary/aromatic N) is 3. The zero-order chi connectivity index (χ0) is 12.0. The minimum atomic E-state index is -0.160. The molecule has 0 aliphatic carbocycles. The second kappa shape index (κ2) is 6.02. The van der Waals surface area contributed by atoms with Crippen molar-refractivity contribution in [3.05, 3.63) is 18.0 Å². The van der Waals surface area contributed by atoms with Crippen LogP contribution in [0.5, 0.6) is 0 Å². The lowest BCUT2D eigenvalue weighted by molar-refractivity contribution is -0.124. The Hall–Kier alpha value is -1.69. The van der Waals surface area contributed by atoms with Gasteiger partial charge in [0.15, 0.2) is 0 Å². The first-order valence-electron chi connectivity index (χ1n) is 4.88. The molecule has 16 heavy (non-hydrogen) atoms. The number of amides is 1. The van der Waals surface area contributed by atoms with E-state index < -0.39 is 0 Å². The number of methoxy groups -OCH3 is 1. The molecule has 0 saturated heterocycles. The van der Waals surface area contributed by atoms with Gasteiger partial charge in [-0.2, -0.15) is 0 Å². The molecule has 0 aromatic carbocycles. The van der Waals surface area contributed by atoms with Gasteiger partial charge in [0, 0.05) is 27.4 Å². The van der Waals surface area contributed by atoms with Crippen LogP contribution in [-0.2, 0) is 16.1 Å². The highest BCUT2D eigenvalue weighted by Crippen LogP contribution is 2.02. The first-order chi connectivity index (χ1) is 7.63. The Morgan fingerprint density at radius 2 is 2.31 bits per heavy atom.